The van der Waals surface area contributed by atoms with Crippen LogP contribution >= 0.6 is 11.8 Å². The molecule has 0 radical (unpaired) electrons. The first-order valence-electron chi connectivity index (χ1n) is 10.3. The van der Waals surface area contributed by atoms with E-state index in [1.165, 1.54) is 45.2 Å². The summed E-state index contributed by atoms with van der Waals surface area (Å²) in [4.78, 5) is 26.7. The second kappa shape index (κ2) is 9.05. The highest BCUT2D eigenvalue weighted by Crippen LogP contribution is 2.30. The van der Waals surface area contributed by atoms with Gasteiger partial charge in [0.05, 0.1) is 16.3 Å². The standard InChI is InChI=1S/C22H24N4O4S2/c1-15-5-6-16(2)19(13-15)26-20(27)14-31-22(26)24-23-21(28)17-7-9-18(10-8-17)32(29,30)25-11-3-4-12-25/h5-10,13H,3-4,11-12,14H2,1-2H3,(H,23,28). The van der Waals surface area contributed by atoms with Crippen molar-refractivity contribution in [3.63, 3.8) is 0 Å². The van der Waals surface area contributed by atoms with Crippen molar-refractivity contribution < 1.29 is 18.0 Å². The minimum Gasteiger partial charge on any atom is -0.273 e. The number of carbonyl (C=O) groups excluding carboxylic acids is 2. The van der Waals surface area contributed by atoms with Gasteiger partial charge in [-0.15, -0.1) is 5.10 Å². The van der Waals surface area contributed by atoms with E-state index in [1.54, 1.807) is 0 Å². The number of anilines is 1. The van der Waals surface area contributed by atoms with Gasteiger partial charge in [-0.2, -0.15) is 4.31 Å². The summed E-state index contributed by atoms with van der Waals surface area (Å²) in [6.07, 6.45) is 1.72. The van der Waals surface area contributed by atoms with Crippen LogP contribution in [0.5, 0.6) is 0 Å². The molecule has 2 fully saturated rings. The van der Waals surface area contributed by atoms with Gasteiger partial charge in [-0.05, 0) is 68.1 Å². The van der Waals surface area contributed by atoms with Crippen molar-refractivity contribution >= 4 is 44.5 Å². The number of hydrogen-bond acceptors (Lipinski definition) is 6. The van der Waals surface area contributed by atoms with Crippen molar-refractivity contribution in [1.82, 2.24) is 9.73 Å². The first-order chi connectivity index (χ1) is 15.3. The van der Waals surface area contributed by atoms with Crippen molar-refractivity contribution in [2.24, 2.45) is 5.10 Å². The van der Waals surface area contributed by atoms with Crippen molar-refractivity contribution in [3.05, 3.63) is 59.2 Å². The molecule has 1 N–H and O–H groups in total. The molecule has 32 heavy (non-hydrogen) atoms. The molecule has 8 nitrogen and oxygen atoms in total. The molecule has 2 amide bonds. The molecule has 4 rings (SSSR count). The molecule has 0 aliphatic carbocycles. The molecule has 2 aromatic carbocycles. The zero-order chi connectivity index (χ0) is 22.9. The maximum absolute atomic E-state index is 12.6. The summed E-state index contributed by atoms with van der Waals surface area (Å²) in [7, 11) is -3.53. The van der Waals surface area contributed by atoms with E-state index in [9.17, 15) is 18.0 Å². The molecular weight excluding hydrogens is 448 g/mol. The van der Waals surface area contributed by atoms with Gasteiger partial charge in [0, 0.05) is 18.7 Å². The van der Waals surface area contributed by atoms with E-state index in [-0.39, 0.29) is 22.1 Å². The molecule has 0 bridgehead atoms. The van der Waals surface area contributed by atoms with Crippen molar-refractivity contribution in [1.29, 1.82) is 0 Å². The van der Waals surface area contributed by atoms with Gasteiger partial charge < -0.3 is 0 Å². The molecule has 2 aromatic rings. The molecule has 0 aromatic heterocycles. The van der Waals surface area contributed by atoms with Gasteiger partial charge in [0.2, 0.25) is 15.9 Å². The van der Waals surface area contributed by atoms with Crippen LogP contribution in [-0.2, 0) is 14.8 Å². The first kappa shape index (κ1) is 22.5. The highest BCUT2D eigenvalue weighted by molar-refractivity contribution is 8.15. The molecule has 0 atom stereocenters. The molecule has 0 spiro atoms. The number of benzene rings is 2. The minimum absolute atomic E-state index is 0.104. The normalized spacial score (nSPS) is 18.5. The number of amidine groups is 1. The van der Waals surface area contributed by atoms with E-state index in [1.807, 2.05) is 32.0 Å². The molecular formula is C22H24N4O4S2. The summed E-state index contributed by atoms with van der Waals surface area (Å²) in [6.45, 7) is 4.91. The Labute approximate surface area is 191 Å². The van der Waals surface area contributed by atoms with Gasteiger partial charge in [-0.3, -0.25) is 14.5 Å². The van der Waals surface area contributed by atoms with Gasteiger partial charge in [-0.1, -0.05) is 23.9 Å². The highest BCUT2D eigenvalue weighted by Gasteiger charge is 2.31. The lowest BCUT2D eigenvalue weighted by Gasteiger charge is -2.19. The molecule has 10 heteroatoms. The Morgan fingerprint density at radius 2 is 1.75 bits per heavy atom. The Morgan fingerprint density at radius 1 is 1.06 bits per heavy atom. The zero-order valence-electron chi connectivity index (χ0n) is 17.9. The van der Waals surface area contributed by atoms with Crippen LogP contribution in [0.2, 0.25) is 0 Å². The molecule has 2 aliphatic heterocycles. The Kier molecular flexibility index (Phi) is 6.36. The monoisotopic (exact) mass is 472 g/mol. The number of hydrazone groups is 1. The van der Waals surface area contributed by atoms with Gasteiger partial charge in [0.15, 0.2) is 5.17 Å². The maximum Gasteiger partial charge on any atom is 0.271 e. The topological polar surface area (TPSA) is 99.1 Å². The van der Waals surface area contributed by atoms with Crippen LogP contribution in [-0.4, -0.2) is 48.5 Å². The Morgan fingerprint density at radius 3 is 2.44 bits per heavy atom. The number of nitrogens with one attached hydrogen (secondary N) is 1. The molecule has 2 aliphatic rings. The third kappa shape index (κ3) is 4.43. The summed E-state index contributed by atoms with van der Waals surface area (Å²) in [5.41, 5.74) is 5.45. The van der Waals surface area contributed by atoms with Gasteiger partial charge in [0.1, 0.15) is 0 Å². The molecule has 2 heterocycles. The van der Waals surface area contributed by atoms with Gasteiger partial charge >= 0.3 is 0 Å². The molecule has 0 unspecified atom stereocenters. The zero-order valence-corrected chi connectivity index (χ0v) is 19.5. The lowest BCUT2D eigenvalue weighted by molar-refractivity contribution is -0.115. The van der Waals surface area contributed by atoms with Crippen LogP contribution in [0.3, 0.4) is 0 Å². The highest BCUT2D eigenvalue weighted by atomic mass is 32.2. The van der Waals surface area contributed by atoms with E-state index in [0.717, 1.165) is 29.7 Å². The fraction of sp³-hybridized carbons (Fsp3) is 0.318. The quantitative estimate of drug-likeness (QED) is 0.675. The van der Waals surface area contributed by atoms with Crippen molar-refractivity contribution in [2.75, 3.05) is 23.7 Å². The summed E-state index contributed by atoms with van der Waals surface area (Å²) < 4.78 is 26.7. The molecule has 168 valence electrons. The third-order valence-electron chi connectivity index (χ3n) is 5.44. The summed E-state index contributed by atoms with van der Waals surface area (Å²) in [5.74, 6) is -0.345. The second-order valence-electron chi connectivity index (χ2n) is 7.78. The van der Waals surface area contributed by atoms with Crippen LogP contribution in [0, 0.1) is 13.8 Å². The number of carbonyl (C=O) groups is 2. The van der Waals surface area contributed by atoms with E-state index in [0.29, 0.717) is 18.3 Å². The van der Waals surface area contributed by atoms with E-state index >= 15 is 0 Å². The number of aryl methyl sites for hydroxylation is 2. The number of hydrogen-bond donors (Lipinski definition) is 1. The predicted octanol–water partition coefficient (Wildman–Crippen LogP) is 2.87. The average molecular weight is 473 g/mol. The third-order valence-corrected chi connectivity index (χ3v) is 8.28. The number of sulfonamides is 1. The van der Waals surface area contributed by atoms with Crippen LogP contribution in [0.4, 0.5) is 5.69 Å². The number of rotatable bonds is 5. The summed E-state index contributed by atoms with van der Waals surface area (Å²) in [5, 5.41) is 4.57. The lowest BCUT2D eigenvalue weighted by Crippen LogP contribution is -2.32. The number of thioether (sulfide) groups is 1. The lowest BCUT2D eigenvalue weighted by atomic mass is 10.1. The van der Waals surface area contributed by atoms with E-state index in [4.69, 9.17) is 0 Å². The largest absolute Gasteiger partial charge is 0.273 e. The minimum atomic E-state index is -3.53. The number of amides is 2. The first-order valence-corrected chi connectivity index (χ1v) is 12.7. The second-order valence-corrected chi connectivity index (χ2v) is 10.7. The SMILES string of the molecule is Cc1ccc(C)c(N2C(=O)CSC2=NNC(=O)c2ccc(S(=O)(=O)N3CCCC3)cc2)c1. The molecule has 2 saturated heterocycles. The molecule has 0 saturated carbocycles. The van der Waals surface area contributed by atoms with Crippen LogP contribution in [0.1, 0.15) is 34.3 Å². The van der Waals surface area contributed by atoms with Gasteiger partial charge in [0.25, 0.3) is 5.91 Å². The van der Waals surface area contributed by atoms with Crippen LogP contribution < -0.4 is 10.3 Å². The van der Waals surface area contributed by atoms with Crippen LogP contribution in [0.25, 0.3) is 0 Å². The maximum atomic E-state index is 12.6. The predicted molar refractivity (Wildman–Crippen MR) is 125 cm³/mol. The number of nitrogens with zero attached hydrogens (tertiary/aromatic N) is 3. The van der Waals surface area contributed by atoms with Crippen LogP contribution in [0.15, 0.2) is 52.5 Å². The Hall–Kier alpha value is -2.69. The van der Waals surface area contributed by atoms with E-state index < -0.39 is 15.9 Å². The smallest absolute Gasteiger partial charge is 0.271 e. The Balaban J connectivity index is 1.50. The van der Waals surface area contributed by atoms with Crippen molar-refractivity contribution in [2.45, 2.75) is 31.6 Å². The van der Waals surface area contributed by atoms with Crippen molar-refractivity contribution in [3.8, 4) is 0 Å². The summed E-state index contributed by atoms with van der Waals surface area (Å²) in [6, 6.07) is 11.6. The van der Waals surface area contributed by atoms with E-state index in [2.05, 4.69) is 10.5 Å². The van der Waals surface area contributed by atoms with Gasteiger partial charge in [-0.25, -0.2) is 13.8 Å². The average Bonchev–Trinajstić information content (AvgIpc) is 3.44. The summed E-state index contributed by atoms with van der Waals surface area (Å²) >= 11 is 1.25. The fourth-order valence-electron chi connectivity index (χ4n) is 3.66. The Bertz CT molecular complexity index is 1190. The fourth-order valence-corrected chi connectivity index (χ4v) is 6.00.